The van der Waals surface area contributed by atoms with Crippen LogP contribution in [0.2, 0.25) is 0 Å². The summed E-state index contributed by atoms with van der Waals surface area (Å²) in [5.74, 6) is -7.67. The molecular weight excluding hydrogens is 442 g/mol. The van der Waals surface area contributed by atoms with Gasteiger partial charge in [0.05, 0.1) is 12.2 Å². The molecule has 0 aromatic heterocycles. The Hall–Kier alpha value is -2.62. The fourth-order valence-corrected chi connectivity index (χ4v) is 6.35. The minimum atomic E-state index is -2.42. The van der Waals surface area contributed by atoms with Gasteiger partial charge in [0.15, 0.2) is 28.9 Å². The molecule has 34 heavy (non-hydrogen) atoms. The molecule has 0 heterocycles. The van der Waals surface area contributed by atoms with Crippen LogP contribution in [-0.4, -0.2) is 55.4 Å². The second-order valence-corrected chi connectivity index (χ2v) is 9.96. The normalized spacial score (nSPS) is 34.7. The molecule has 2 fully saturated rings. The number of nitrogens with two attached hydrogens (primary N) is 1. The molecule has 0 bridgehead atoms. The zero-order valence-electron chi connectivity index (χ0n) is 19.1. The van der Waals surface area contributed by atoms with Crippen molar-refractivity contribution in [2.24, 2.45) is 29.4 Å². The first-order valence-electron chi connectivity index (χ1n) is 11.9. The fourth-order valence-electron chi connectivity index (χ4n) is 6.35. The second kappa shape index (κ2) is 8.87. The molecule has 0 radical (unpaired) electrons. The predicted octanol–water partition coefficient (Wildman–Crippen LogP) is 0.732. The first-order chi connectivity index (χ1) is 16.0. The van der Waals surface area contributed by atoms with Crippen molar-refractivity contribution in [3.8, 4) is 5.75 Å². The van der Waals surface area contributed by atoms with Gasteiger partial charge in [0.25, 0.3) is 0 Å². The molecule has 4 rings (SSSR count). The Morgan fingerprint density at radius 3 is 2.50 bits per heavy atom. The monoisotopic (exact) mass is 473 g/mol. The number of rotatable bonds is 6. The van der Waals surface area contributed by atoms with Crippen molar-refractivity contribution in [1.82, 2.24) is 0 Å². The lowest BCUT2D eigenvalue weighted by Crippen LogP contribution is -2.69. The highest BCUT2D eigenvalue weighted by Gasteiger charge is 2.65. The number of ketones is 3. The summed E-state index contributed by atoms with van der Waals surface area (Å²) in [5.41, 5.74) is 3.80. The van der Waals surface area contributed by atoms with Crippen molar-refractivity contribution in [1.29, 1.82) is 0 Å². The van der Waals surface area contributed by atoms with E-state index in [1.807, 2.05) is 6.92 Å². The number of fused-ring (bicyclic) bond motifs is 3. The third kappa shape index (κ3) is 3.57. The van der Waals surface area contributed by atoms with Gasteiger partial charge in [0, 0.05) is 35.8 Å². The molecule has 0 aliphatic heterocycles. The van der Waals surface area contributed by atoms with Crippen LogP contribution >= 0.6 is 0 Å². The van der Waals surface area contributed by atoms with Crippen molar-refractivity contribution in [2.75, 3.05) is 0 Å². The Morgan fingerprint density at radius 2 is 1.85 bits per heavy atom. The van der Waals surface area contributed by atoms with Crippen molar-refractivity contribution < 1.29 is 39.6 Å². The van der Waals surface area contributed by atoms with Crippen LogP contribution in [-0.2, 0) is 20.8 Å². The molecule has 1 amide bonds. The molecule has 3 aliphatic carbocycles. The molecule has 1 aromatic rings. The number of phenolic OH excluding ortho intramolecular Hbond substituents is 1. The molecule has 4 unspecified atom stereocenters. The highest BCUT2D eigenvalue weighted by molar-refractivity contribution is 6.22. The van der Waals surface area contributed by atoms with E-state index in [-0.39, 0.29) is 36.4 Å². The number of carbonyl (C=O) groups is 4. The van der Waals surface area contributed by atoms with Gasteiger partial charge in [-0.1, -0.05) is 19.8 Å². The van der Waals surface area contributed by atoms with Crippen LogP contribution < -0.4 is 5.73 Å². The van der Waals surface area contributed by atoms with Gasteiger partial charge < -0.3 is 26.2 Å². The number of Topliss-reactive ketones (excluding diaryl/α,β-unsaturated/α-hetero) is 3. The highest BCUT2D eigenvalue weighted by atomic mass is 16.4. The summed E-state index contributed by atoms with van der Waals surface area (Å²) >= 11 is 0. The van der Waals surface area contributed by atoms with E-state index in [9.17, 15) is 39.6 Å². The van der Waals surface area contributed by atoms with Gasteiger partial charge >= 0.3 is 0 Å². The number of unbranched alkanes of at least 4 members (excludes halogenated alkanes) is 2. The lowest BCUT2D eigenvalue weighted by molar-refractivity contribution is -0.210. The summed E-state index contributed by atoms with van der Waals surface area (Å²) in [4.78, 5) is 50.1. The van der Waals surface area contributed by atoms with Gasteiger partial charge in [-0.05, 0) is 42.9 Å². The number of aromatic hydroxyl groups is 1. The van der Waals surface area contributed by atoms with Crippen LogP contribution in [0.25, 0.3) is 0 Å². The average molecular weight is 474 g/mol. The lowest BCUT2D eigenvalue weighted by atomic mass is 9.52. The molecule has 9 heteroatoms. The zero-order valence-corrected chi connectivity index (χ0v) is 19.1. The first-order valence-corrected chi connectivity index (χ1v) is 11.9. The largest absolute Gasteiger partial charge is 0.508 e. The van der Waals surface area contributed by atoms with Crippen LogP contribution in [0.4, 0.5) is 0 Å². The van der Waals surface area contributed by atoms with E-state index in [1.54, 1.807) is 0 Å². The number of phenols is 1. The number of hydrogen-bond donors (Lipinski definition) is 5. The summed E-state index contributed by atoms with van der Waals surface area (Å²) in [5, 5.41) is 44.3. The Bertz CT molecular complexity index is 1050. The van der Waals surface area contributed by atoms with E-state index in [0.29, 0.717) is 17.5 Å². The molecule has 2 saturated carbocycles. The molecule has 3 aliphatic rings. The van der Waals surface area contributed by atoms with E-state index in [1.165, 1.54) is 12.1 Å². The van der Waals surface area contributed by atoms with Crippen LogP contribution in [0.15, 0.2) is 12.1 Å². The van der Waals surface area contributed by atoms with E-state index in [2.05, 4.69) is 0 Å². The number of benzene rings is 1. The number of aliphatic hydroxyl groups excluding tert-OH is 2. The molecule has 6 N–H and O–H groups in total. The second-order valence-electron chi connectivity index (χ2n) is 9.96. The quantitative estimate of drug-likeness (QED) is 0.228. The maximum absolute atomic E-state index is 13.0. The molecule has 0 spiro atoms. The highest BCUT2D eigenvalue weighted by Crippen LogP contribution is 2.55. The van der Waals surface area contributed by atoms with Crippen LogP contribution in [0, 0.1) is 23.7 Å². The van der Waals surface area contributed by atoms with E-state index >= 15 is 0 Å². The molecule has 7 atom stereocenters. The molecule has 9 nitrogen and oxygen atoms in total. The van der Waals surface area contributed by atoms with Crippen molar-refractivity contribution in [3.05, 3.63) is 28.8 Å². The minimum Gasteiger partial charge on any atom is -0.508 e. The molecular formula is C25H31NO8. The van der Waals surface area contributed by atoms with Crippen molar-refractivity contribution >= 4 is 23.3 Å². The molecule has 184 valence electrons. The van der Waals surface area contributed by atoms with Crippen LogP contribution in [0.5, 0.6) is 5.75 Å². The van der Waals surface area contributed by atoms with Gasteiger partial charge in [0.1, 0.15) is 5.75 Å². The van der Waals surface area contributed by atoms with E-state index in [0.717, 1.165) is 19.3 Å². The summed E-state index contributed by atoms with van der Waals surface area (Å²) in [7, 11) is 0. The molecule has 1 aromatic carbocycles. The summed E-state index contributed by atoms with van der Waals surface area (Å²) in [6.07, 6.45) is -0.291. The minimum absolute atomic E-state index is 0.101. The lowest BCUT2D eigenvalue weighted by Gasteiger charge is -2.54. The number of aliphatic hydroxyl groups is 3. The fraction of sp³-hybridized carbons (Fsp3) is 0.600. The number of hydrogen-bond acceptors (Lipinski definition) is 8. The predicted molar refractivity (Wildman–Crippen MR) is 119 cm³/mol. The number of amides is 1. The summed E-state index contributed by atoms with van der Waals surface area (Å²) in [6.45, 7) is 2.03. The van der Waals surface area contributed by atoms with E-state index in [4.69, 9.17) is 5.73 Å². The first kappa shape index (κ1) is 24.5. The standard InChI is InChI=1S/C25H31NO8/c1-2-3-4-5-15(27)13-6-7-16(28)19-14(13)9-11-8-12-10-17(29)20(24(26)33)23(32)25(12,34)22(31)18(11)21(19)30/h6-7,11-12,18,20-22,28,30-31,34H,2-5,8-10H2,1H3,(H2,26,33)/t11-,12+,18?,20?,21?,22?,25+/m1/s1. The summed E-state index contributed by atoms with van der Waals surface area (Å²) < 4.78 is 0. The smallest absolute Gasteiger partial charge is 0.235 e. The Balaban J connectivity index is 1.73. The Morgan fingerprint density at radius 1 is 1.15 bits per heavy atom. The molecule has 0 saturated heterocycles. The zero-order chi connectivity index (χ0) is 24.9. The average Bonchev–Trinajstić information content (AvgIpc) is 2.76. The maximum Gasteiger partial charge on any atom is 0.235 e. The van der Waals surface area contributed by atoms with E-state index < -0.39 is 59.0 Å². The number of primary amides is 1. The third-order valence-corrected chi connectivity index (χ3v) is 8.05. The van der Waals surface area contributed by atoms with Gasteiger partial charge in [-0.15, -0.1) is 0 Å². The topological polar surface area (TPSA) is 175 Å². The Labute approximate surface area is 197 Å². The third-order valence-electron chi connectivity index (χ3n) is 8.05. The SMILES string of the molecule is CCCCCC(=O)c1ccc(O)c2c1C[C@H]1C[C@H]3CC(=O)C(C(N)=O)C(=O)[C@@]3(O)C(O)C1C2O. The van der Waals surface area contributed by atoms with Crippen LogP contribution in [0.1, 0.15) is 73.0 Å². The summed E-state index contributed by atoms with van der Waals surface area (Å²) in [6, 6.07) is 2.87. The van der Waals surface area contributed by atoms with Gasteiger partial charge in [-0.3, -0.25) is 19.2 Å². The van der Waals surface area contributed by atoms with Crippen molar-refractivity contribution in [3.63, 3.8) is 0 Å². The van der Waals surface area contributed by atoms with Gasteiger partial charge in [0.2, 0.25) is 5.91 Å². The van der Waals surface area contributed by atoms with Crippen LogP contribution in [0.3, 0.4) is 0 Å². The maximum atomic E-state index is 13.0. The van der Waals surface area contributed by atoms with Gasteiger partial charge in [-0.2, -0.15) is 0 Å². The Kier molecular flexibility index (Phi) is 6.39. The number of carbonyl (C=O) groups excluding carboxylic acids is 4. The van der Waals surface area contributed by atoms with Crippen molar-refractivity contribution in [2.45, 2.75) is 69.7 Å². The van der Waals surface area contributed by atoms with Gasteiger partial charge in [-0.25, -0.2) is 0 Å².